The zero-order valence-corrected chi connectivity index (χ0v) is 10.3. The number of nitrogen functional groups attached to an aromatic ring is 1. The predicted octanol–water partition coefficient (Wildman–Crippen LogP) is 1.24. The van der Waals surface area contributed by atoms with Crippen LogP contribution in [-0.4, -0.2) is 41.1 Å². The zero-order chi connectivity index (χ0) is 12.4. The number of hydrogen-bond acceptors (Lipinski definition) is 3. The Kier molecular flexibility index (Phi) is 3.38. The number of nitrogens with two attached hydrogens (primary N) is 1. The van der Waals surface area contributed by atoms with Gasteiger partial charge in [-0.25, -0.2) is 0 Å². The van der Waals surface area contributed by atoms with Gasteiger partial charge in [0.05, 0.1) is 18.8 Å². The van der Waals surface area contributed by atoms with E-state index in [-0.39, 0.29) is 18.1 Å². The van der Waals surface area contributed by atoms with Crippen LogP contribution in [0.2, 0.25) is 0 Å². The van der Waals surface area contributed by atoms with Crippen molar-refractivity contribution in [1.82, 2.24) is 9.88 Å². The minimum atomic E-state index is 0.00343. The number of carbonyl (C=O) groups excluding carboxylic acids is 1. The molecule has 1 aromatic rings. The van der Waals surface area contributed by atoms with E-state index in [1.165, 1.54) is 0 Å². The van der Waals surface area contributed by atoms with Crippen molar-refractivity contribution in [2.75, 3.05) is 18.9 Å². The third-order valence-corrected chi connectivity index (χ3v) is 3.14. The van der Waals surface area contributed by atoms with E-state index in [1.807, 2.05) is 11.8 Å². The van der Waals surface area contributed by atoms with Gasteiger partial charge in [0.1, 0.15) is 5.69 Å². The molecule has 0 aromatic carbocycles. The van der Waals surface area contributed by atoms with Crippen molar-refractivity contribution >= 4 is 11.6 Å². The second-order valence-electron chi connectivity index (χ2n) is 4.51. The molecule has 2 atom stereocenters. The molecule has 1 aliphatic heterocycles. The van der Waals surface area contributed by atoms with Crippen LogP contribution in [0.4, 0.5) is 5.69 Å². The lowest BCUT2D eigenvalue weighted by Crippen LogP contribution is -2.51. The molecule has 1 saturated heterocycles. The van der Waals surface area contributed by atoms with Gasteiger partial charge in [0.2, 0.25) is 0 Å². The topological polar surface area (TPSA) is 71.3 Å². The third-order valence-electron chi connectivity index (χ3n) is 3.14. The molecule has 0 saturated carbocycles. The summed E-state index contributed by atoms with van der Waals surface area (Å²) >= 11 is 0. The number of rotatable bonds is 2. The third kappa shape index (κ3) is 2.44. The first-order valence-electron chi connectivity index (χ1n) is 5.98. The monoisotopic (exact) mass is 237 g/mol. The summed E-state index contributed by atoms with van der Waals surface area (Å²) < 4.78 is 5.57. The SMILES string of the molecule is CCC1COC(C)CN1C(=O)c1cc(N)c[nH]1. The molecule has 3 N–H and O–H groups in total. The van der Waals surface area contributed by atoms with Crippen molar-refractivity contribution < 1.29 is 9.53 Å². The largest absolute Gasteiger partial charge is 0.397 e. The van der Waals surface area contributed by atoms with E-state index in [0.29, 0.717) is 24.5 Å². The Morgan fingerprint density at radius 3 is 3.06 bits per heavy atom. The van der Waals surface area contributed by atoms with Gasteiger partial charge in [-0.2, -0.15) is 0 Å². The number of amides is 1. The van der Waals surface area contributed by atoms with Crippen molar-refractivity contribution in [2.24, 2.45) is 0 Å². The molecule has 0 radical (unpaired) electrons. The number of hydrogen-bond donors (Lipinski definition) is 2. The van der Waals surface area contributed by atoms with Gasteiger partial charge in [-0.15, -0.1) is 0 Å². The van der Waals surface area contributed by atoms with E-state index in [4.69, 9.17) is 10.5 Å². The van der Waals surface area contributed by atoms with Gasteiger partial charge in [-0.3, -0.25) is 4.79 Å². The maximum atomic E-state index is 12.3. The van der Waals surface area contributed by atoms with Gasteiger partial charge in [0.15, 0.2) is 0 Å². The van der Waals surface area contributed by atoms with Crippen molar-refractivity contribution in [1.29, 1.82) is 0 Å². The summed E-state index contributed by atoms with van der Waals surface area (Å²) in [5.74, 6) is 0.00343. The second kappa shape index (κ2) is 4.79. The van der Waals surface area contributed by atoms with Gasteiger partial charge in [0, 0.05) is 18.4 Å². The summed E-state index contributed by atoms with van der Waals surface area (Å²) in [5, 5.41) is 0. The normalized spacial score (nSPS) is 24.9. The fourth-order valence-electron chi connectivity index (χ4n) is 2.12. The maximum Gasteiger partial charge on any atom is 0.270 e. The molecular weight excluding hydrogens is 218 g/mol. The van der Waals surface area contributed by atoms with Gasteiger partial charge in [0.25, 0.3) is 5.91 Å². The number of nitrogens with one attached hydrogen (secondary N) is 1. The lowest BCUT2D eigenvalue weighted by molar-refractivity contribution is -0.0445. The Hall–Kier alpha value is -1.49. The van der Waals surface area contributed by atoms with E-state index in [1.54, 1.807) is 12.3 Å². The molecule has 0 spiro atoms. The van der Waals surface area contributed by atoms with Crippen molar-refractivity contribution in [3.05, 3.63) is 18.0 Å². The average Bonchev–Trinajstić information content (AvgIpc) is 2.75. The molecule has 1 aliphatic rings. The van der Waals surface area contributed by atoms with Crippen LogP contribution in [0.25, 0.3) is 0 Å². The molecule has 2 heterocycles. The standard InChI is InChI=1S/C12H19N3O2/c1-3-10-7-17-8(2)6-15(10)12(16)11-4-9(13)5-14-11/h4-5,8,10,14H,3,6-7,13H2,1-2H3. The summed E-state index contributed by atoms with van der Waals surface area (Å²) in [4.78, 5) is 17.1. The van der Waals surface area contributed by atoms with Crippen LogP contribution in [0.15, 0.2) is 12.3 Å². The number of carbonyl (C=O) groups is 1. The second-order valence-corrected chi connectivity index (χ2v) is 4.51. The van der Waals surface area contributed by atoms with Crippen LogP contribution >= 0.6 is 0 Å². The van der Waals surface area contributed by atoms with Gasteiger partial charge in [-0.1, -0.05) is 6.92 Å². The van der Waals surface area contributed by atoms with Gasteiger partial charge in [-0.05, 0) is 19.4 Å². The lowest BCUT2D eigenvalue weighted by Gasteiger charge is -2.38. The summed E-state index contributed by atoms with van der Waals surface area (Å²) in [7, 11) is 0. The molecule has 0 bridgehead atoms. The summed E-state index contributed by atoms with van der Waals surface area (Å²) in [6.45, 7) is 5.29. The highest BCUT2D eigenvalue weighted by atomic mass is 16.5. The van der Waals surface area contributed by atoms with Gasteiger partial charge >= 0.3 is 0 Å². The first-order chi connectivity index (χ1) is 8.11. The van der Waals surface area contributed by atoms with Crippen LogP contribution < -0.4 is 5.73 Å². The number of aromatic nitrogens is 1. The highest BCUT2D eigenvalue weighted by Crippen LogP contribution is 2.18. The van der Waals surface area contributed by atoms with Crippen molar-refractivity contribution in [3.63, 3.8) is 0 Å². The highest BCUT2D eigenvalue weighted by molar-refractivity contribution is 5.93. The first-order valence-corrected chi connectivity index (χ1v) is 5.98. The van der Waals surface area contributed by atoms with E-state index in [9.17, 15) is 4.79 Å². The van der Waals surface area contributed by atoms with Crippen LogP contribution in [0, 0.1) is 0 Å². The number of morpholine rings is 1. The van der Waals surface area contributed by atoms with Crippen LogP contribution in [0.1, 0.15) is 30.8 Å². The summed E-state index contributed by atoms with van der Waals surface area (Å²) in [6, 6.07) is 1.83. The first kappa shape index (κ1) is 12.0. The number of ether oxygens (including phenoxy) is 1. The van der Waals surface area contributed by atoms with Crippen LogP contribution in [0.5, 0.6) is 0 Å². The molecule has 17 heavy (non-hydrogen) atoms. The predicted molar refractivity (Wildman–Crippen MR) is 65.7 cm³/mol. The lowest BCUT2D eigenvalue weighted by atomic mass is 10.1. The Labute approximate surface area is 101 Å². The zero-order valence-electron chi connectivity index (χ0n) is 10.3. The van der Waals surface area contributed by atoms with Crippen LogP contribution in [0.3, 0.4) is 0 Å². The smallest absolute Gasteiger partial charge is 0.270 e. The molecule has 2 unspecified atom stereocenters. The minimum Gasteiger partial charge on any atom is -0.397 e. The molecule has 5 nitrogen and oxygen atoms in total. The highest BCUT2D eigenvalue weighted by Gasteiger charge is 2.30. The molecule has 0 aliphatic carbocycles. The van der Waals surface area contributed by atoms with E-state index in [0.717, 1.165) is 6.42 Å². The van der Waals surface area contributed by atoms with E-state index >= 15 is 0 Å². The number of H-pyrrole nitrogens is 1. The Bertz CT molecular complexity index is 402. The molecular formula is C12H19N3O2. The fraction of sp³-hybridized carbons (Fsp3) is 0.583. The Morgan fingerprint density at radius 2 is 2.47 bits per heavy atom. The minimum absolute atomic E-state index is 0.00343. The van der Waals surface area contributed by atoms with Crippen molar-refractivity contribution in [3.8, 4) is 0 Å². The Morgan fingerprint density at radius 1 is 1.71 bits per heavy atom. The molecule has 2 rings (SSSR count). The molecule has 5 heteroatoms. The molecule has 1 fully saturated rings. The van der Waals surface area contributed by atoms with Gasteiger partial charge < -0.3 is 20.4 Å². The fourth-order valence-corrected chi connectivity index (χ4v) is 2.12. The van der Waals surface area contributed by atoms with Crippen molar-refractivity contribution in [2.45, 2.75) is 32.4 Å². The number of nitrogens with zero attached hydrogens (tertiary/aromatic N) is 1. The number of aromatic amines is 1. The molecule has 1 amide bonds. The quantitative estimate of drug-likeness (QED) is 0.812. The summed E-state index contributed by atoms with van der Waals surface area (Å²) in [5.41, 5.74) is 6.75. The number of anilines is 1. The summed E-state index contributed by atoms with van der Waals surface area (Å²) in [6.07, 6.45) is 2.63. The Balaban J connectivity index is 2.16. The van der Waals surface area contributed by atoms with E-state index in [2.05, 4.69) is 11.9 Å². The average molecular weight is 237 g/mol. The molecule has 1 aromatic heterocycles. The molecule has 94 valence electrons. The van der Waals surface area contributed by atoms with Crippen LogP contribution in [-0.2, 0) is 4.74 Å². The van der Waals surface area contributed by atoms with E-state index < -0.39 is 0 Å². The maximum absolute atomic E-state index is 12.3.